The Bertz CT molecular complexity index is 1870. The highest BCUT2D eigenvalue weighted by Gasteiger charge is 2.48. The minimum absolute atomic E-state index is 0.0411. The Labute approximate surface area is 246 Å². The summed E-state index contributed by atoms with van der Waals surface area (Å²) >= 11 is 1.28. The van der Waals surface area contributed by atoms with Gasteiger partial charge in [0.05, 0.1) is 41.2 Å². The minimum atomic E-state index is -0.928. The molecule has 42 heavy (non-hydrogen) atoms. The van der Waals surface area contributed by atoms with Crippen LogP contribution in [0.15, 0.2) is 66.4 Å². The number of aromatic nitrogens is 3. The van der Waals surface area contributed by atoms with Gasteiger partial charge in [0, 0.05) is 6.20 Å². The molecule has 0 bridgehead atoms. The monoisotopic (exact) mass is 582 g/mol. The van der Waals surface area contributed by atoms with E-state index in [9.17, 15) is 14.7 Å². The number of unbranched alkanes of at least 4 members (excludes halogenated alkanes) is 1. The molecule has 1 amide bonds. The van der Waals surface area contributed by atoms with Gasteiger partial charge < -0.3 is 19.0 Å². The Morgan fingerprint density at radius 3 is 2.52 bits per heavy atom. The van der Waals surface area contributed by atoms with Crippen LogP contribution in [0.1, 0.15) is 48.3 Å². The fraction of sp³-hybridized carbons (Fsp3) is 0.250. The van der Waals surface area contributed by atoms with Gasteiger partial charge in [-0.3, -0.25) is 14.5 Å². The summed E-state index contributed by atoms with van der Waals surface area (Å²) in [6.45, 7) is 6.44. The van der Waals surface area contributed by atoms with Crippen molar-refractivity contribution in [1.29, 1.82) is 0 Å². The predicted octanol–water partition coefficient (Wildman–Crippen LogP) is 6.37. The number of anilines is 1. The zero-order valence-electron chi connectivity index (χ0n) is 23.7. The first-order valence-corrected chi connectivity index (χ1v) is 14.6. The van der Waals surface area contributed by atoms with Crippen LogP contribution in [-0.4, -0.2) is 44.9 Å². The number of hydrogen-bond acceptors (Lipinski definition) is 8. The molecule has 1 fully saturated rings. The molecule has 1 unspecified atom stereocenters. The van der Waals surface area contributed by atoms with E-state index in [1.54, 1.807) is 13.2 Å². The number of rotatable bonds is 8. The maximum atomic E-state index is 13.7. The third-order valence-corrected chi connectivity index (χ3v) is 8.52. The number of fused-ring (bicyclic) bond motifs is 2. The maximum Gasteiger partial charge on any atom is 0.301 e. The molecular weight excluding hydrogens is 552 g/mol. The van der Waals surface area contributed by atoms with Gasteiger partial charge in [0.1, 0.15) is 22.8 Å². The van der Waals surface area contributed by atoms with Gasteiger partial charge in [-0.1, -0.05) is 42.9 Å². The lowest BCUT2D eigenvalue weighted by Gasteiger charge is -2.23. The molecule has 3 aromatic heterocycles. The molecule has 4 heterocycles. The van der Waals surface area contributed by atoms with Gasteiger partial charge in [-0.25, -0.2) is 9.97 Å². The molecule has 1 saturated heterocycles. The molecule has 1 aliphatic heterocycles. The third kappa shape index (κ3) is 4.57. The van der Waals surface area contributed by atoms with Gasteiger partial charge in [-0.05, 0) is 67.8 Å². The average Bonchev–Trinajstić information content (AvgIpc) is 3.65. The summed E-state index contributed by atoms with van der Waals surface area (Å²) in [5.41, 5.74) is 3.75. The number of benzene rings is 2. The highest BCUT2D eigenvalue weighted by Crippen LogP contribution is 2.45. The number of ether oxygens (including phenoxy) is 2. The molecule has 0 aliphatic carbocycles. The lowest BCUT2D eigenvalue weighted by Crippen LogP contribution is -2.29. The van der Waals surface area contributed by atoms with Crippen molar-refractivity contribution in [3.8, 4) is 11.5 Å². The third-order valence-electron chi connectivity index (χ3n) is 7.51. The van der Waals surface area contributed by atoms with E-state index in [0.717, 1.165) is 23.1 Å². The summed E-state index contributed by atoms with van der Waals surface area (Å²) in [5.74, 6) is -0.554. The van der Waals surface area contributed by atoms with Gasteiger partial charge in [0.2, 0.25) is 0 Å². The number of hydrogen-bond donors (Lipinski definition) is 1. The average molecular weight is 583 g/mol. The fourth-order valence-electron chi connectivity index (χ4n) is 5.22. The summed E-state index contributed by atoms with van der Waals surface area (Å²) in [7, 11) is 1.58. The summed E-state index contributed by atoms with van der Waals surface area (Å²) in [4.78, 5) is 38.2. The van der Waals surface area contributed by atoms with Crippen molar-refractivity contribution in [2.45, 2.75) is 39.7 Å². The number of aliphatic hydroxyl groups excluding tert-OH is 1. The van der Waals surface area contributed by atoms with Crippen LogP contribution in [0.5, 0.6) is 11.5 Å². The van der Waals surface area contributed by atoms with Crippen LogP contribution < -0.4 is 14.4 Å². The Kier molecular flexibility index (Phi) is 7.16. The number of carbonyl (C=O) groups excluding carboxylic acids is 2. The van der Waals surface area contributed by atoms with Gasteiger partial charge in [-0.2, -0.15) is 0 Å². The van der Waals surface area contributed by atoms with Crippen LogP contribution in [-0.2, 0) is 9.59 Å². The number of amides is 1. The standard InChI is InChI=1S/C32H30N4O5S/c1-5-6-16-41-21-11-9-20(10-12-21)27-25(28(37)26-19(3)35-15-7-8-18(2)30(35)34-26)29(38)31(39)36(27)32-33-23-14-13-22(40-4)17-24(23)42-32/h7-15,17,27,37H,5-6,16H2,1-4H3. The highest BCUT2D eigenvalue weighted by atomic mass is 32.1. The summed E-state index contributed by atoms with van der Waals surface area (Å²) < 4.78 is 13.9. The van der Waals surface area contributed by atoms with E-state index >= 15 is 0 Å². The first kappa shape index (κ1) is 27.5. The van der Waals surface area contributed by atoms with Crippen LogP contribution in [0.2, 0.25) is 0 Å². The van der Waals surface area contributed by atoms with Gasteiger partial charge in [-0.15, -0.1) is 0 Å². The van der Waals surface area contributed by atoms with Crippen molar-refractivity contribution < 1.29 is 24.2 Å². The lowest BCUT2D eigenvalue weighted by molar-refractivity contribution is -0.132. The van der Waals surface area contributed by atoms with E-state index < -0.39 is 17.7 Å². The molecule has 2 aromatic carbocycles. The van der Waals surface area contributed by atoms with Crippen LogP contribution in [0, 0.1) is 13.8 Å². The zero-order valence-corrected chi connectivity index (χ0v) is 24.6. The molecule has 10 heteroatoms. The maximum absolute atomic E-state index is 13.7. The van der Waals surface area contributed by atoms with Crippen molar-refractivity contribution >= 4 is 49.8 Å². The largest absolute Gasteiger partial charge is 0.505 e. The lowest BCUT2D eigenvalue weighted by atomic mass is 9.96. The van der Waals surface area contributed by atoms with Crippen molar-refractivity contribution in [1.82, 2.24) is 14.4 Å². The van der Waals surface area contributed by atoms with Crippen LogP contribution >= 0.6 is 11.3 Å². The van der Waals surface area contributed by atoms with Crippen molar-refractivity contribution in [3.63, 3.8) is 0 Å². The van der Waals surface area contributed by atoms with Crippen molar-refractivity contribution in [3.05, 3.63) is 88.9 Å². The van der Waals surface area contributed by atoms with E-state index in [-0.39, 0.29) is 17.0 Å². The molecule has 1 aliphatic rings. The van der Waals surface area contributed by atoms with Crippen molar-refractivity contribution in [2.75, 3.05) is 18.6 Å². The predicted molar refractivity (Wildman–Crippen MR) is 162 cm³/mol. The molecule has 5 aromatic rings. The molecule has 9 nitrogen and oxygen atoms in total. The highest BCUT2D eigenvalue weighted by molar-refractivity contribution is 7.22. The van der Waals surface area contributed by atoms with Crippen LogP contribution in [0.25, 0.3) is 21.6 Å². The van der Waals surface area contributed by atoms with Crippen LogP contribution in [0.3, 0.4) is 0 Å². The zero-order chi connectivity index (χ0) is 29.5. The number of carbonyl (C=O) groups is 2. The first-order valence-electron chi connectivity index (χ1n) is 13.7. The SMILES string of the molecule is CCCCOc1ccc(C2C(=C(O)c3nc4c(C)cccn4c3C)C(=O)C(=O)N2c2nc3ccc(OC)cc3s2)cc1. The second-order valence-corrected chi connectivity index (χ2v) is 11.2. The molecule has 0 saturated carbocycles. The Morgan fingerprint density at radius 2 is 1.81 bits per heavy atom. The number of methoxy groups -OCH3 is 1. The number of aliphatic hydroxyl groups is 1. The number of ketones is 1. The number of aryl methyl sites for hydroxylation is 2. The summed E-state index contributed by atoms with van der Waals surface area (Å²) in [5, 5.41) is 12.1. The van der Waals surface area contributed by atoms with E-state index in [4.69, 9.17) is 14.5 Å². The van der Waals surface area contributed by atoms with E-state index in [0.29, 0.717) is 45.7 Å². The molecule has 214 valence electrons. The number of imidazole rings is 1. The molecule has 1 N–H and O–H groups in total. The molecular formula is C32H30N4O5S. The Balaban J connectivity index is 1.52. The molecule has 0 spiro atoms. The first-order chi connectivity index (χ1) is 20.3. The van der Waals surface area contributed by atoms with Gasteiger partial charge in [0.15, 0.2) is 10.9 Å². The van der Waals surface area contributed by atoms with Gasteiger partial charge >= 0.3 is 5.91 Å². The second kappa shape index (κ2) is 10.9. The van der Waals surface area contributed by atoms with E-state index in [1.165, 1.54) is 16.2 Å². The fourth-order valence-corrected chi connectivity index (χ4v) is 6.24. The molecule has 1 atom stereocenters. The van der Waals surface area contributed by atoms with Crippen LogP contribution in [0.4, 0.5) is 5.13 Å². The normalized spacial score (nSPS) is 16.6. The topological polar surface area (TPSA) is 106 Å². The van der Waals surface area contributed by atoms with Gasteiger partial charge in [0.25, 0.3) is 5.78 Å². The number of Topliss-reactive ketones (excluding diaryl/α,β-unsaturated/α-hetero) is 1. The molecule has 0 radical (unpaired) electrons. The Morgan fingerprint density at radius 1 is 1.05 bits per heavy atom. The number of pyridine rings is 1. The quantitative estimate of drug-likeness (QED) is 0.0980. The summed E-state index contributed by atoms with van der Waals surface area (Å²) in [6.07, 6.45) is 3.80. The molecule has 6 rings (SSSR count). The van der Waals surface area contributed by atoms with E-state index in [2.05, 4.69) is 11.9 Å². The minimum Gasteiger partial charge on any atom is -0.505 e. The smallest absolute Gasteiger partial charge is 0.301 e. The Hall–Kier alpha value is -4.70. The van der Waals surface area contributed by atoms with Crippen molar-refractivity contribution in [2.24, 2.45) is 0 Å². The second-order valence-electron chi connectivity index (χ2n) is 10.2. The number of thiazole rings is 1. The van der Waals surface area contributed by atoms with E-state index in [1.807, 2.05) is 73.0 Å². The summed E-state index contributed by atoms with van der Waals surface area (Å²) in [6, 6.07) is 15.6. The number of nitrogens with zero attached hydrogens (tertiary/aromatic N) is 4.